The van der Waals surface area contributed by atoms with E-state index in [-0.39, 0.29) is 34.8 Å². The van der Waals surface area contributed by atoms with Gasteiger partial charge in [0.05, 0.1) is 29.6 Å². The number of methoxy groups -OCH3 is 1. The van der Waals surface area contributed by atoms with Gasteiger partial charge in [0.1, 0.15) is 0 Å². The molecular weight excluding hydrogens is 560 g/mol. The van der Waals surface area contributed by atoms with Crippen molar-refractivity contribution in [1.82, 2.24) is 4.90 Å². The maximum absolute atomic E-state index is 13.2. The van der Waals surface area contributed by atoms with Gasteiger partial charge in [0.15, 0.2) is 0 Å². The van der Waals surface area contributed by atoms with E-state index in [4.69, 9.17) is 8.92 Å². The molecule has 1 spiro atoms. The number of carbonyl (C=O) groups is 1. The van der Waals surface area contributed by atoms with Gasteiger partial charge in [0.25, 0.3) is 10.1 Å². The van der Waals surface area contributed by atoms with E-state index in [0.717, 1.165) is 61.3 Å². The van der Waals surface area contributed by atoms with Gasteiger partial charge in [-0.25, -0.2) is 4.79 Å². The molecule has 1 saturated heterocycles. The molecule has 3 aromatic rings. The predicted molar refractivity (Wildman–Crippen MR) is 167 cm³/mol. The first-order valence-electron chi connectivity index (χ1n) is 15.3. The highest BCUT2D eigenvalue weighted by molar-refractivity contribution is 7.86. The summed E-state index contributed by atoms with van der Waals surface area (Å²) in [7, 11) is -2.30. The fraction of sp³-hybridized carbons (Fsp3) is 0.400. The minimum Gasteiger partial charge on any atom is -0.466 e. The Morgan fingerprint density at radius 3 is 2.49 bits per heavy atom. The van der Waals surface area contributed by atoms with Gasteiger partial charge in [-0.2, -0.15) is 8.42 Å². The van der Waals surface area contributed by atoms with Crippen LogP contribution in [0, 0.1) is 12.8 Å². The third-order valence-corrected chi connectivity index (χ3v) is 10.8. The zero-order valence-corrected chi connectivity index (χ0v) is 25.7. The van der Waals surface area contributed by atoms with Crippen LogP contribution in [-0.2, 0) is 35.8 Å². The summed E-state index contributed by atoms with van der Waals surface area (Å²) in [5.74, 6) is -0.0106. The molecule has 2 aliphatic heterocycles. The fourth-order valence-corrected chi connectivity index (χ4v) is 8.50. The van der Waals surface area contributed by atoms with Crippen molar-refractivity contribution < 1.29 is 22.1 Å². The van der Waals surface area contributed by atoms with E-state index >= 15 is 0 Å². The van der Waals surface area contributed by atoms with Crippen molar-refractivity contribution in [3.05, 3.63) is 107 Å². The Bertz CT molecular complexity index is 1600. The number of carbonyl (C=O) groups excluding carboxylic acids is 1. The number of esters is 1. The Kier molecular flexibility index (Phi) is 8.45. The average Bonchev–Trinajstić information content (AvgIpc) is 3.56. The Morgan fingerprint density at radius 1 is 0.977 bits per heavy atom. The zero-order valence-electron chi connectivity index (χ0n) is 24.9. The predicted octanol–water partition coefficient (Wildman–Crippen LogP) is 6.35. The van der Waals surface area contributed by atoms with Gasteiger partial charge in [-0.1, -0.05) is 79.1 Å². The van der Waals surface area contributed by atoms with Crippen LogP contribution in [0.15, 0.2) is 95.0 Å². The molecule has 0 amide bonds. The molecule has 0 aromatic heterocycles. The summed E-state index contributed by atoms with van der Waals surface area (Å²) in [6.45, 7) is 3.87. The summed E-state index contributed by atoms with van der Waals surface area (Å²) in [5, 5.41) is 3.66. The number of ether oxygens (including phenoxy) is 1. The van der Waals surface area contributed by atoms with Gasteiger partial charge < -0.3 is 10.1 Å². The lowest BCUT2D eigenvalue weighted by Crippen LogP contribution is -2.51. The van der Waals surface area contributed by atoms with Crippen molar-refractivity contribution in [1.29, 1.82) is 0 Å². The third kappa shape index (κ3) is 5.64. The number of nitrogens with zero attached hydrogens (tertiary/aromatic N) is 1. The van der Waals surface area contributed by atoms with Gasteiger partial charge in [-0.3, -0.25) is 9.08 Å². The molecule has 43 heavy (non-hydrogen) atoms. The molecule has 3 atom stereocenters. The molecule has 1 N–H and O–H groups in total. The van der Waals surface area contributed by atoms with E-state index in [2.05, 4.69) is 58.7 Å². The minimum atomic E-state index is -3.76. The normalized spacial score (nSPS) is 22.9. The highest BCUT2D eigenvalue weighted by Gasteiger charge is 2.60. The number of likely N-dealkylation sites (tertiary alicyclic amines) is 1. The number of nitrogens with one attached hydrogen (secondary N) is 1. The van der Waals surface area contributed by atoms with Crippen LogP contribution in [0.1, 0.15) is 55.2 Å². The maximum atomic E-state index is 13.2. The largest absolute Gasteiger partial charge is 0.466 e. The van der Waals surface area contributed by atoms with Crippen molar-refractivity contribution >= 4 is 21.8 Å². The Hall–Kier alpha value is -3.46. The fourth-order valence-electron chi connectivity index (χ4n) is 7.56. The van der Waals surface area contributed by atoms with Crippen LogP contribution in [-0.4, -0.2) is 45.6 Å². The third-order valence-electron chi connectivity index (χ3n) is 9.45. The Morgan fingerprint density at radius 2 is 1.72 bits per heavy atom. The molecule has 226 valence electrons. The first-order chi connectivity index (χ1) is 20.8. The zero-order chi connectivity index (χ0) is 30.0. The molecule has 3 aromatic carbocycles. The van der Waals surface area contributed by atoms with Crippen LogP contribution < -0.4 is 5.32 Å². The van der Waals surface area contributed by atoms with E-state index in [1.807, 2.05) is 13.0 Å². The Balaban J connectivity index is 1.20. The van der Waals surface area contributed by atoms with E-state index in [9.17, 15) is 13.2 Å². The summed E-state index contributed by atoms with van der Waals surface area (Å²) in [6.07, 6.45) is 4.93. The van der Waals surface area contributed by atoms with Gasteiger partial charge in [0.2, 0.25) is 0 Å². The van der Waals surface area contributed by atoms with Gasteiger partial charge in [-0.05, 0) is 67.9 Å². The summed E-state index contributed by atoms with van der Waals surface area (Å²) in [4.78, 5) is 16.0. The van der Waals surface area contributed by atoms with E-state index in [1.54, 1.807) is 24.3 Å². The molecule has 1 fully saturated rings. The molecule has 0 radical (unpaired) electrons. The summed E-state index contributed by atoms with van der Waals surface area (Å²) >= 11 is 0. The molecule has 8 heteroatoms. The molecule has 0 unspecified atom stereocenters. The highest BCUT2D eigenvalue weighted by Crippen LogP contribution is 2.59. The van der Waals surface area contributed by atoms with Crippen LogP contribution in [0.5, 0.6) is 0 Å². The maximum Gasteiger partial charge on any atom is 0.335 e. The number of benzene rings is 3. The van der Waals surface area contributed by atoms with Gasteiger partial charge in [0, 0.05) is 30.5 Å². The molecule has 7 nitrogen and oxygen atoms in total. The number of unbranched alkanes of at least 4 members (excludes halogenated alkanes) is 2. The molecule has 0 bridgehead atoms. The first-order valence-corrected chi connectivity index (χ1v) is 16.7. The first kappa shape index (κ1) is 29.6. The van der Waals surface area contributed by atoms with Crippen LogP contribution in [0.3, 0.4) is 0 Å². The average molecular weight is 601 g/mol. The standard InChI is InChI=1S/C35H40N2O5S/c1-25-16-18-28(19-17-25)43(39,40)42-22-10-4-7-13-27-23-29(34(38)41-2)32-35(30-14-8-9-15-31(30)36-32)20-21-37(33(27)35)24-26-11-5-3-6-12-26/h3,5-6,8-9,11-12,14-19,27,33,36H,4,7,10,13,20-24H2,1-2H3/t27-,33+,35+/m0/s1. The van der Waals surface area contributed by atoms with Crippen LogP contribution in [0.2, 0.25) is 0 Å². The lowest BCUT2D eigenvalue weighted by atomic mass is 9.62. The summed E-state index contributed by atoms with van der Waals surface area (Å²) < 4.78 is 35.8. The topological polar surface area (TPSA) is 84.9 Å². The quantitative estimate of drug-likeness (QED) is 0.156. The van der Waals surface area contributed by atoms with Crippen molar-refractivity contribution in [2.45, 2.75) is 68.3 Å². The van der Waals surface area contributed by atoms with Crippen LogP contribution in [0.4, 0.5) is 5.69 Å². The second kappa shape index (κ2) is 12.3. The van der Waals surface area contributed by atoms with Gasteiger partial charge >= 0.3 is 5.97 Å². The SMILES string of the molecule is COC(=O)C1=C2Nc3ccccc3[C@]23CCN(Cc2ccccc2)[C@@H]3[C@@H](CCCCCOS(=O)(=O)c2ccc(C)cc2)C1. The van der Waals surface area contributed by atoms with Crippen molar-refractivity contribution in [2.75, 3.05) is 25.6 Å². The summed E-state index contributed by atoms with van der Waals surface area (Å²) in [5.41, 5.74) is 6.13. The lowest BCUT2D eigenvalue weighted by molar-refractivity contribution is -0.136. The number of fused-ring (bicyclic) bond motifs is 1. The number of para-hydroxylation sites is 1. The Labute approximate surface area is 255 Å². The summed E-state index contributed by atoms with van der Waals surface area (Å²) in [6, 6.07) is 26.0. The van der Waals surface area contributed by atoms with Crippen LogP contribution in [0.25, 0.3) is 0 Å². The van der Waals surface area contributed by atoms with Crippen LogP contribution >= 0.6 is 0 Å². The molecule has 3 aliphatic rings. The minimum absolute atomic E-state index is 0.156. The number of rotatable bonds is 11. The van der Waals surface area contributed by atoms with E-state index in [1.165, 1.54) is 18.2 Å². The monoisotopic (exact) mass is 600 g/mol. The lowest BCUT2D eigenvalue weighted by Gasteiger charge is -2.46. The molecular formula is C35H40N2O5S. The molecule has 1 aliphatic carbocycles. The number of anilines is 1. The molecule has 2 heterocycles. The number of hydrogen-bond acceptors (Lipinski definition) is 7. The number of hydrogen-bond donors (Lipinski definition) is 1. The van der Waals surface area contributed by atoms with Crippen molar-refractivity contribution in [3.63, 3.8) is 0 Å². The smallest absolute Gasteiger partial charge is 0.335 e. The van der Waals surface area contributed by atoms with Gasteiger partial charge in [-0.15, -0.1) is 0 Å². The second-order valence-electron chi connectivity index (χ2n) is 12.0. The highest BCUT2D eigenvalue weighted by atomic mass is 32.2. The molecule has 6 rings (SSSR count). The number of aryl methyl sites for hydroxylation is 1. The van der Waals surface area contributed by atoms with Crippen molar-refractivity contribution in [3.8, 4) is 0 Å². The second-order valence-corrected chi connectivity index (χ2v) is 13.7. The molecule has 0 saturated carbocycles. The van der Waals surface area contributed by atoms with E-state index in [0.29, 0.717) is 12.8 Å². The van der Waals surface area contributed by atoms with Crippen molar-refractivity contribution in [2.24, 2.45) is 5.92 Å². The van der Waals surface area contributed by atoms with E-state index < -0.39 is 10.1 Å².